The highest BCUT2D eigenvalue weighted by molar-refractivity contribution is 14.1. The van der Waals surface area contributed by atoms with Gasteiger partial charge in [-0.3, -0.25) is 0 Å². The molecule has 32 heavy (non-hydrogen) atoms. The van der Waals surface area contributed by atoms with Gasteiger partial charge in [0.25, 0.3) is 0 Å². The Balaban J connectivity index is 1.65. The highest BCUT2D eigenvalue weighted by atomic mass is 127. The summed E-state index contributed by atoms with van der Waals surface area (Å²) in [6.07, 6.45) is 7.48. The summed E-state index contributed by atoms with van der Waals surface area (Å²) < 4.78 is 14.1. The molecule has 0 spiro atoms. The van der Waals surface area contributed by atoms with Gasteiger partial charge in [-0.25, -0.2) is 14.8 Å². The molecule has 1 amide bonds. The number of halogens is 1. The monoisotopic (exact) mass is 578 g/mol. The van der Waals surface area contributed by atoms with E-state index in [9.17, 15) is 9.90 Å². The van der Waals surface area contributed by atoms with Crippen molar-refractivity contribution in [2.45, 2.75) is 51.7 Å². The molecule has 0 aromatic carbocycles. The molecular formula is C21H33IN5O4S+. The average Bonchev–Trinajstić information content (AvgIpc) is 3.00. The standard InChI is InChI=1S/C21H32IN5O4S/c1-21(2,3)31-20(29)24-15-6-7-26(12-16(15)28)17-10-23-18-14(22)11-27(19(18)25-17)13-30-8-9-32(4)5/h10-11,15-16,28H,6-9,12-13H2,1-5H3/p+1/t15-,16-/m1/s1. The number of hydrogen-bond acceptors (Lipinski definition) is 7. The number of carbonyl (C=O) groups excluding carboxylic acids is 1. The maximum Gasteiger partial charge on any atom is 0.407 e. The van der Waals surface area contributed by atoms with E-state index in [1.807, 2.05) is 36.4 Å². The van der Waals surface area contributed by atoms with Gasteiger partial charge in [0.05, 0.1) is 41.0 Å². The molecule has 2 aromatic rings. The van der Waals surface area contributed by atoms with Gasteiger partial charge in [0, 0.05) is 19.3 Å². The van der Waals surface area contributed by atoms with Crippen LogP contribution < -0.4 is 10.2 Å². The Hall–Kier alpha value is -1.31. The van der Waals surface area contributed by atoms with Gasteiger partial charge in [-0.2, -0.15) is 0 Å². The lowest BCUT2D eigenvalue weighted by atomic mass is 10.0. The van der Waals surface area contributed by atoms with Crippen LogP contribution in [0.2, 0.25) is 0 Å². The van der Waals surface area contributed by atoms with Gasteiger partial charge in [-0.05, 0) is 60.7 Å². The summed E-state index contributed by atoms with van der Waals surface area (Å²) in [4.78, 5) is 23.5. The predicted molar refractivity (Wildman–Crippen MR) is 136 cm³/mol. The Bertz CT molecular complexity index is 933. The van der Waals surface area contributed by atoms with Crippen LogP contribution in [-0.2, 0) is 27.1 Å². The minimum absolute atomic E-state index is 0.351. The number of hydrogen-bond donors (Lipinski definition) is 2. The average molecular weight is 578 g/mol. The van der Waals surface area contributed by atoms with Crippen LogP contribution in [0.1, 0.15) is 27.2 Å². The largest absolute Gasteiger partial charge is 0.444 e. The third kappa shape index (κ3) is 6.84. The predicted octanol–water partition coefficient (Wildman–Crippen LogP) is 2.35. The second-order valence-corrected chi connectivity index (χ2v) is 12.7. The van der Waals surface area contributed by atoms with Gasteiger partial charge in [-0.1, -0.05) is 0 Å². The van der Waals surface area contributed by atoms with E-state index in [0.717, 1.165) is 20.5 Å². The fourth-order valence-electron chi connectivity index (χ4n) is 3.40. The van der Waals surface area contributed by atoms with Crippen molar-refractivity contribution in [3.8, 4) is 0 Å². The van der Waals surface area contributed by atoms with Gasteiger partial charge >= 0.3 is 6.09 Å². The van der Waals surface area contributed by atoms with Gasteiger partial charge in [0.15, 0.2) is 5.65 Å². The lowest BCUT2D eigenvalue weighted by Gasteiger charge is -2.37. The van der Waals surface area contributed by atoms with E-state index >= 15 is 0 Å². The third-order valence-corrected chi connectivity index (χ3v) is 6.76. The smallest absolute Gasteiger partial charge is 0.407 e. The zero-order valence-corrected chi connectivity index (χ0v) is 22.3. The molecule has 9 nitrogen and oxygen atoms in total. The van der Waals surface area contributed by atoms with E-state index in [-0.39, 0.29) is 6.04 Å². The summed E-state index contributed by atoms with van der Waals surface area (Å²) in [6, 6.07) is -0.363. The van der Waals surface area contributed by atoms with Crippen LogP contribution in [0.3, 0.4) is 0 Å². The molecular weight excluding hydrogens is 545 g/mol. The van der Waals surface area contributed by atoms with E-state index in [4.69, 9.17) is 14.5 Å². The minimum Gasteiger partial charge on any atom is -0.444 e. The first-order valence-electron chi connectivity index (χ1n) is 10.6. The topological polar surface area (TPSA) is 102 Å². The Morgan fingerprint density at radius 3 is 2.81 bits per heavy atom. The molecule has 0 radical (unpaired) electrons. The number of ether oxygens (including phenoxy) is 2. The summed E-state index contributed by atoms with van der Waals surface area (Å²) >= 11 is 2.26. The summed E-state index contributed by atoms with van der Waals surface area (Å²) in [7, 11) is 0.354. The molecule has 0 aliphatic carbocycles. The number of β-amino-alcohol motifs (C(OH)–C–C–N with tert-alkyl or cyclic N) is 1. The molecule has 3 heterocycles. The minimum atomic E-state index is -0.735. The van der Waals surface area contributed by atoms with Crippen LogP contribution >= 0.6 is 22.6 Å². The number of nitrogens with one attached hydrogen (secondary N) is 1. The lowest BCUT2D eigenvalue weighted by Crippen LogP contribution is -2.55. The SMILES string of the molecule is C[S+](C)CCOCn1cc(I)c2ncc(N3CC[C@@H](NC(=O)OC(C)(C)C)[C@H](O)C3)nc21. The molecule has 178 valence electrons. The quantitative estimate of drug-likeness (QED) is 0.296. The van der Waals surface area contributed by atoms with E-state index < -0.39 is 17.8 Å². The van der Waals surface area contributed by atoms with Crippen LogP contribution in [0.25, 0.3) is 11.2 Å². The number of rotatable bonds is 7. The Kier molecular flexibility index (Phi) is 8.50. The van der Waals surface area contributed by atoms with Crippen molar-refractivity contribution in [1.82, 2.24) is 19.9 Å². The zero-order chi connectivity index (χ0) is 23.5. The first-order valence-corrected chi connectivity index (χ1v) is 13.9. The first-order chi connectivity index (χ1) is 15.0. The van der Waals surface area contributed by atoms with Gasteiger partial charge in [0.1, 0.15) is 29.4 Å². The van der Waals surface area contributed by atoms with Crippen LogP contribution in [0.15, 0.2) is 12.4 Å². The highest BCUT2D eigenvalue weighted by Gasteiger charge is 2.31. The molecule has 3 rings (SSSR count). The molecule has 0 bridgehead atoms. The molecule has 1 aliphatic rings. The number of amides is 1. The summed E-state index contributed by atoms with van der Waals surface area (Å²) in [5, 5.41) is 13.4. The zero-order valence-electron chi connectivity index (χ0n) is 19.3. The van der Waals surface area contributed by atoms with Crippen molar-refractivity contribution in [2.75, 3.05) is 42.9 Å². The Morgan fingerprint density at radius 1 is 1.41 bits per heavy atom. The van der Waals surface area contributed by atoms with Crippen molar-refractivity contribution in [1.29, 1.82) is 0 Å². The molecule has 2 aromatic heterocycles. The van der Waals surface area contributed by atoms with Crippen molar-refractivity contribution in [3.05, 3.63) is 16.0 Å². The number of aromatic nitrogens is 3. The summed E-state index contributed by atoms with van der Waals surface area (Å²) in [5.41, 5.74) is 1.03. The fourth-order valence-corrected chi connectivity index (χ4v) is 4.57. The lowest BCUT2D eigenvalue weighted by molar-refractivity contribution is 0.0402. The number of fused-ring (bicyclic) bond motifs is 1. The van der Waals surface area contributed by atoms with Crippen LogP contribution in [0.5, 0.6) is 0 Å². The molecule has 1 fully saturated rings. The van der Waals surface area contributed by atoms with Crippen molar-refractivity contribution >= 4 is 56.6 Å². The molecule has 0 unspecified atom stereocenters. The van der Waals surface area contributed by atoms with Crippen molar-refractivity contribution < 1.29 is 19.4 Å². The maximum absolute atomic E-state index is 12.1. The van der Waals surface area contributed by atoms with E-state index in [0.29, 0.717) is 49.6 Å². The molecule has 11 heteroatoms. The number of aliphatic hydroxyl groups is 1. The second-order valence-electron chi connectivity index (χ2n) is 9.13. The van der Waals surface area contributed by atoms with Gasteiger partial charge in [0.2, 0.25) is 0 Å². The van der Waals surface area contributed by atoms with Crippen LogP contribution in [0.4, 0.5) is 10.6 Å². The molecule has 2 atom stereocenters. The van der Waals surface area contributed by atoms with Crippen LogP contribution in [-0.4, -0.2) is 81.4 Å². The molecule has 1 saturated heterocycles. The number of aliphatic hydroxyl groups excluding tert-OH is 1. The third-order valence-electron chi connectivity index (χ3n) is 4.98. The van der Waals surface area contributed by atoms with E-state index in [1.165, 1.54) is 0 Å². The Morgan fingerprint density at radius 2 is 2.16 bits per heavy atom. The van der Waals surface area contributed by atoms with E-state index in [1.54, 1.807) is 6.20 Å². The summed E-state index contributed by atoms with van der Waals surface area (Å²) in [6.45, 7) is 7.57. The number of piperidine rings is 1. The number of alkyl carbamates (subject to hydrolysis) is 1. The normalized spacial score (nSPS) is 19.6. The van der Waals surface area contributed by atoms with Gasteiger partial charge < -0.3 is 29.4 Å². The first kappa shape index (κ1) is 25.3. The maximum atomic E-state index is 12.1. The highest BCUT2D eigenvalue weighted by Crippen LogP contribution is 2.24. The number of anilines is 1. The Labute approximate surface area is 205 Å². The summed E-state index contributed by atoms with van der Waals surface area (Å²) in [5.74, 6) is 1.74. The molecule has 1 aliphatic heterocycles. The van der Waals surface area contributed by atoms with Gasteiger partial charge in [-0.15, -0.1) is 0 Å². The second kappa shape index (κ2) is 10.7. The van der Waals surface area contributed by atoms with Crippen molar-refractivity contribution in [3.63, 3.8) is 0 Å². The van der Waals surface area contributed by atoms with E-state index in [2.05, 4.69) is 45.4 Å². The fraction of sp³-hybridized carbons (Fsp3) is 0.667. The number of carbonyl (C=O) groups is 1. The molecule has 0 saturated carbocycles. The van der Waals surface area contributed by atoms with Crippen molar-refractivity contribution in [2.24, 2.45) is 0 Å². The van der Waals surface area contributed by atoms with Crippen LogP contribution in [0, 0.1) is 3.57 Å². The molecule has 2 N–H and O–H groups in total. The number of nitrogens with zero attached hydrogens (tertiary/aromatic N) is 4.